The number of nitrogens with one attached hydrogen (secondary N) is 1. The fraction of sp³-hybridized carbons (Fsp3) is 0.250. The van der Waals surface area contributed by atoms with Gasteiger partial charge in [0.2, 0.25) is 5.91 Å². The van der Waals surface area contributed by atoms with Crippen molar-refractivity contribution in [3.8, 4) is 5.75 Å². The molecule has 29 heavy (non-hydrogen) atoms. The zero-order chi connectivity index (χ0) is 20.4. The second kappa shape index (κ2) is 7.57. The van der Waals surface area contributed by atoms with E-state index in [1.54, 1.807) is 16.9 Å². The van der Waals surface area contributed by atoms with E-state index < -0.39 is 11.7 Å². The smallest absolute Gasteiger partial charge is 0.416 e. The monoisotopic (exact) mass is 402 g/mol. The third-order valence-electron chi connectivity index (χ3n) is 4.57. The van der Waals surface area contributed by atoms with Crippen LogP contribution < -0.4 is 10.1 Å². The highest BCUT2D eigenvalue weighted by atomic mass is 19.4. The van der Waals surface area contributed by atoms with Gasteiger partial charge in [-0.3, -0.25) is 4.79 Å². The molecule has 9 heteroatoms. The van der Waals surface area contributed by atoms with Crippen LogP contribution >= 0.6 is 0 Å². The molecule has 3 aromatic rings. The van der Waals surface area contributed by atoms with Gasteiger partial charge in [-0.05, 0) is 47.9 Å². The van der Waals surface area contributed by atoms with Gasteiger partial charge in [0.25, 0.3) is 0 Å². The van der Waals surface area contributed by atoms with Crippen molar-refractivity contribution in [2.45, 2.75) is 32.2 Å². The van der Waals surface area contributed by atoms with Crippen LogP contribution in [0.3, 0.4) is 0 Å². The first-order valence-electron chi connectivity index (χ1n) is 8.97. The van der Waals surface area contributed by atoms with Crippen LogP contribution in [-0.2, 0) is 30.5 Å². The van der Waals surface area contributed by atoms with E-state index in [4.69, 9.17) is 4.74 Å². The molecule has 0 unspecified atom stereocenters. The summed E-state index contributed by atoms with van der Waals surface area (Å²) in [5.41, 5.74) is 2.43. The van der Waals surface area contributed by atoms with E-state index >= 15 is 0 Å². The SMILES string of the molecule is O=C1CCc2cc(OCc3cn(Cc4ccc(C(F)(F)F)cc4)nn3)ccc2N1. The molecular formula is C20H17F3N4O2. The molecule has 0 aliphatic carbocycles. The average Bonchev–Trinajstić information content (AvgIpc) is 3.13. The summed E-state index contributed by atoms with van der Waals surface area (Å²) in [6.07, 6.45) is -1.54. The molecule has 1 aromatic heterocycles. The lowest BCUT2D eigenvalue weighted by Crippen LogP contribution is -2.18. The Balaban J connectivity index is 1.35. The molecule has 2 aromatic carbocycles. The summed E-state index contributed by atoms with van der Waals surface area (Å²) in [5.74, 6) is 0.674. The van der Waals surface area contributed by atoms with Crippen LogP contribution in [-0.4, -0.2) is 20.9 Å². The summed E-state index contributed by atoms with van der Waals surface area (Å²) >= 11 is 0. The van der Waals surface area contributed by atoms with E-state index in [0.29, 0.717) is 36.4 Å². The number of alkyl halides is 3. The standard InChI is InChI=1S/C20H17F3N4O2/c21-20(22,23)15-4-1-13(2-5-15)10-27-11-16(25-26-27)12-29-17-6-7-18-14(9-17)3-8-19(28)24-18/h1-2,4-7,9,11H,3,8,10,12H2,(H,24,28). The number of aryl methyl sites for hydroxylation is 1. The molecule has 0 radical (unpaired) electrons. The van der Waals surface area contributed by atoms with E-state index in [2.05, 4.69) is 15.6 Å². The van der Waals surface area contributed by atoms with Crippen LogP contribution in [0.2, 0.25) is 0 Å². The molecule has 150 valence electrons. The topological polar surface area (TPSA) is 69.0 Å². The molecule has 0 saturated heterocycles. The second-order valence-electron chi connectivity index (χ2n) is 6.76. The van der Waals surface area contributed by atoms with Gasteiger partial charge in [-0.2, -0.15) is 13.2 Å². The highest BCUT2D eigenvalue weighted by Gasteiger charge is 2.29. The normalized spacial score (nSPS) is 13.7. The minimum atomic E-state index is -4.35. The van der Waals surface area contributed by atoms with Crippen molar-refractivity contribution in [1.82, 2.24) is 15.0 Å². The first-order chi connectivity index (χ1) is 13.9. The number of halogens is 3. The highest BCUT2D eigenvalue weighted by Crippen LogP contribution is 2.29. The number of fused-ring (bicyclic) bond motifs is 1. The Bertz CT molecular complexity index is 1030. The zero-order valence-electron chi connectivity index (χ0n) is 15.2. The van der Waals surface area contributed by atoms with Crippen molar-refractivity contribution in [3.63, 3.8) is 0 Å². The fourth-order valence-electron chi connectivity index (χ4n) is 3.07. The Morgan fingerprint density at radius 2 is 1.90 bits per heavy atom. The molecule has 0 fully saturated rings. The number of rotatable bonds is 5. The fourth-order valence-corrected chi connectivity index (χ4v) is 3.07. The van der Waals surface area contributed by atoms with Gasteiger partial charge in [0.05, 0.1) is 18.3 Å². The van der Waals surface area contributed by atoms with E-state index in [1.807, 2.05) is 12.1 Å². The Hall–Kier alpha value is -3.36. The third kappa shape index (κ3) is 4.56. The lowest BCUT2D eigenvalue weighted by molar-refractivity contribution is -0.137. The van der Waals surface area contributed by atoms with Gasteiger partial charge in [-0.1, -0.05) is 17.3 Å². The number of amides is 1. The maximum atomic E-state index is 12.6. The van der Waals surface area contributed by atoms with Crippen molar-refractivity contribution in [3.05, 3.63) is 71.0 Å². The van der Waals surface area contributed by atoms with Crippen LogP contribution in [0.4, 0.5) is 18.9 Å². The maximum absolute atomic E-state index is 12.6. The van der Waals surface area contributed by atoms with Gasteiger partial charge in [-0.25, -0.2) is 4.68 Å². The van der Waals surface area contributed by atoms with Gasteiger partial charge < -0.3 is 10.1 Å². The molecular weight excluding hydrogens is 385 g/mol. The van der Waals surface area contributed by atoms with Crippen molar-refractivity contribution >= 4 is 11.6 Å². The number of carbonyl (C=O) groups excluding carboxylic acids is 1. The summed E-state index contributed by atoms with van der Waals surface area (Å²) in [6, 6.07) is 10.4. The first-order valence-corrected chi connectivity index (χ1v) is 8.97. The summed E-state index contributed by atoms with van der Waals surface area (Å²) in [6.45, 7) is 0.516. The number of ether oxygens (including phenoxy) is 1. The molecule has 0 saturated carbocycles. The molecule has 2 heterocycles. The van der Waals surface area contributed by atoms with Crippen molar-refractivity contribution in [2.75, 3.05) is 5.32 Å². The predicted octanol–water partition coefficient (Wildman–Crippen LogP) is 3.81. The van der Waals surface area contributed by atoms with E-state index in [1.165, 1.54) is 12.1 Å². The molecule has 4 rings (SSSR count). The number of aromatic nitrogens is 3. The molecule has 0 atom stereocenters. The predicted molar refractivity (Wildman–Crippen MR) is 98.3 cm³/mol. The molecule has 0 bridgehead atoms. The first kappa shape index (κ1) is 19.0. The summed E-state index contributed by atoms with van der Waals surface area (Å²) in [7, 11) is 0. The Kier molecular flexibility index (Phi) is 4.96. The summed E-state index contributed by atoms with van der Waals surface area (Å²) in [5, 5.41) is 10.8. The zero-order valence-corrected chi connectivity index (χ0v) is 15.2. The maximum Gasteiger partial charge on any atom is 0.416 e. The molecule has 1 amide bonds. The molecule has 6 nitrogen and oxygen atoms in total. The number of nitrogens with zero attached hydrogens (tertiary/aromatic N) is 3. The average molecular weight is 402 g/mol. The van der Waals surface area contributed by atoms with Crippen molar-refractivity contribution in [2.24, 2.45) is 0 Å². The van der Waals surface area contributed by atoms with E-state index in [0.717, 1.165) is 23.4 Å². The third-order valence-corrected chi connectivity index (χ3v) is 4.57. The van der Waals surface area contributed by atoms with Gasteiger partial charge in [0, 0.05) is 12.1 Å². The summed E-state index contributed by atoms with van der Waals surface area (Å²) < 4.78 is 45.2. The van der Waals surface area contributed by atoms with Crippen LogP contribution in [0, 0.1) is 0 Å². The number of benzene rings is 2. The van der Waals surface area contributed by atoms with Gasteiger partial charge >= 0.3 is 6.18 Å². The van der Waals surface area contributed by atoms with Gasteiger partial charge in [0.1, 0.15) is 18.1 Å². The Morgan fingerprint density at radius 1 is 1.10 bits per heavy atom. The highest BCUT2D eigenvalue weighted by molar-refractivity contribution is 5.93. The molecule has 1 aliphatic rings. The Labute approximate surface area is 164 Å². The molecule has 1 aliphatic heterocycles. The van der Waals surface area contributed by atoms with Crippen LogP contribution in [0.25, 0.3) is 0 Å². The van der Waals surface area contributed by atoms with Gasteiger partial charge in [0.15, 0.2) is 0 Å². The quantitative estimate of drug-likeness (QED) is 0.705. The summed E-state index contributed by atoms with van der Waals surface area (Å²) in [4.78, 5) is 11.4. The van der Waals surface area contributed by atoms with Crippen LogP contribution in [0.5, 0.6) is 5.75 Å². The molecule has 0 spiro atoms. The number of carbonyl (C=O) groups is 1. The minimum absolute atomic E-state index is 0.0100. The number of anilines is 1. The largest absolute Gasteiger partial charge is 0.487 e. The Morgan fingerprint density at radius 3 is 2.66 bits per heavy atom. The van der Waals surface area contributed by atoms with Gasteiger partial charge in [-0.15, -0.1) is 5.10 Å². The minimum Gasteiger partial charge on any atom is -0.487 e. The lowest BCUT2D eigenvalue weighted by Gasteiger charge is -2.17. The van der Waals surface area contributed by atoms with Crippen molar-refractivity contribution < 1.29 is 22.7 Å². The van der Waals surface area contributed by atoms with E-state index in [9.17, 15) is 18.0 Å². The molecule has 1 N–H and O–H groups in total. The number of hydrogen-bond acceptors (Lipinski definition) is 4. The lowest BCUT2D eigenvalue weighted by atomic mass is 10.0. The van der Waals surface area contributed by atoms with Crippen LogP contribution in [0.1, 0.15) is 28.8 Å². The number of hydrogen-bond donors (Lipinski definition) is 1. The van der Waals surface area contributed by atoms with Crippen molar-refractivity contribution in [1.29, 1.82) is 0 Å². The van der Waals surface area contributed by atoms with Crippen LogP contribution in [0.15, 0.2) is 48.7 Å². The second-order valence-corrected chi connectivity index (χ2v) is 6.76. The van der Waals surface area contributed by atoms with E-state index in [-0.39, 0.29) is 12.5 Å².